The molecule has 0 aliphatic carbocycles. The predicted octanol–water partition coefficient (Wildman–Crippen LogP) is 8.06. The molecule has 0 aromatic carbocycles. The third-order valence-corrected chi connectivity index (χ3v) is 16.2. The minimum atomic E-state index is -1.86. The van der Waals surface area contributed by atoms with E-state index in [2.05, 4.69) is 31.4 Å². The number of unbranched alkanes of at least 4 members (excludes halogenated alkanes) is 30. The fourth-order valence-corrected chi connectivity index (χ4v) is 10.8. The summed E-state index contributed by atoms with van der Waals surface area (Å²) in [6.07, 6.45) is 23.0. The molecular formula is C60H116N2O15. The van der Waals surface area contributed by atoms with Crippen LogP contribution in [0.25, 0.3) is 0 Å². The number of rotatable bonds is 49. The summed E-state index contributed by atoms with van der Waals surface area (Å²) in [5.41, 5.74) is 0. The maximum atomic E-state index is 13.4. The van der Waals surface area contributed by atoms with Gasteiger partial charge in [-0.1, -0.05) is 239 Å². The van der Waals surface area contributed by atoms with Crippen LogP contribution in [-0.4, -0.2) is 163 Å². The zero-order chi connectivity index (χ0) is 56.6. The fourth-order valence-electron chi connectivity index (χ4n) is 10.8. The van der Waals surface area contributed by atoms with Crippen molar-refractivity contribution in [2.24, 2.45) is 5.92 Å². The lowest BCUT2D eigenvalue weighted by Crippen LogP contribution is -2.67. The van der Waals surface area contributed by atoms with Crippen molar-refractivity contribution in [1.82, 2.24) is 10.6 Å². The highest BCUT2D eigenvalue weighted by atomic mass is 16.7. The highest BCUT2D eigenvalue weighted by Gasteiger charge is 2.51. The van der Waals surface area contributed by atoms with Crippen LogP contribution in [0.15, 0.2) is 0 Å². The van der Waals surface area contributed by atoms with Crippen molar-refractivity contribution in [1.29, 1.82) is 0 Å². The Bertz CT molecular complexity index is 1420. The molecule has 0 radical (unpaired) electrons. The number of amides is 2. The van der Waals surface area contributed by atoms with Crippen LogP contribution in [0.4, 0.5) is 0 Å². The second kappa shape index (κ2) is 45.0. The van der Waals surface area contributed by atoms with Gasteiger partial charge in [0.2, 0.25) is 11.8 Å². The first-order valence-electron chi connectivity index (χ1n) is 31.3. The third-order valence-electron chi connectivity index (χ3n) is 16.2. The molecular weight excluding hydrogens is 989 g/mol. The van der Waals surface area contributed by atoms with Crippen LogP contribution in [0.2, 0.25) is 0 Å². The number of ether oxygens (including phenoxy) is 4. The van der Waals surface area contributed by atoms with Gasteiger partial charge >= 0.3 is 0 Å². The van der Waals surface area contributed by atoms with Crippen molar-refractivity contribution in [3.63, 3.8) is 0 Å². The van der Waals surface area contributed by atoms with Crippen LogP contribution in [0.1, 0.15) is 259 Å². The lowest BCUT2D eigenvalue weighted by molar-refractivity contribution is -0.347. The number of carbonyl (C=O) groups excluding carboxylic acids is 2. The van der Waals surface area contributed by atoms with Crippen LogP contribution >= 0.6 is 0 Å². The van der Waals surface area contributed by atoms with Gasteiger partial charge < -0.3 is 75.5 Å². The van der Waals surface area contributed by atoms with Gasteiger partial charge in [0.15, 0.2) is 12.6 Å². The molecule has 15 atom stereocenters. The zero-order valence-electron chi connectivity index (χ0n) is 48.7. The van der Waals surface area contributed by atoms with Crippen LogP contribution in [0.3, 0.4) is 0 Å². The average Bonchev–Trinajstić information content (AvgIpc) is 3.42. The number of aliphatic hydroxyl groups excluding tert-OH is 9. The van der Waals surface area contributed by atoms with Crippen molar-refractivity contribution in [2.45, 2.75) is 345 Å². The van der Waals surface area contributed by atoms with Gasteiger partial charge in [0.25, 0.3) is 0 Å². The van der Waals surface area contributed by atoms with E-state index in [-0.39, 0.29) is 12.8 Å². The molecule has 15 unspecified atom stereocenters. The Kier molecular flexibility index (Phi) is 41.8. The van der Waals surface area contributed by atoms with Gasteiger partial charge in [0.1, 0.15) is 61.0 Å². The Hall–Kier alpha value is -1.58. The van der Waals surface area contributed by atoms with Gasteiger partial charge in [-0.15, -0.1) is 0 Å². The van der Waals surface area contributed by atoms with Crippen molar-refractivity contribution in [2.75, 3.05) is 19.8 Å². The van der Waals surface area contributed by atoms with E-state index in [1.807, 2.05) is 0 Å². The lowest BCUT2D eigenvalue weighted by Gasteiger charge is -2.47. The van der Waals surface area contributed by atoms with Gasteiger partial charge in [-0.3, -0.25) is 9.59 Å². The maximum absolute atomic E-state index is 13.4. The molecule has 2 amide bonds. The highest BCUT2D eigenvalue weighted by molar-refractivity contribution is 5.80. The van der Waals surface area contributed by atoms with E-state index in [0.717, 1.165) is 57.8 Å². The van der Waals surface area contributed by atoms with E-state index in [0.29, 0.717) is 12.8 Å². The summed E-state index contributed by atoms with van der Waals surface area (Å²) in [6, 6.07) is -2.67. The molecule has 0 aromatic heterocycles. The van der Waals surface area contributed by atoms with Crippen molar-refractivity contribution in [3.8, 4) is 0 Å². The van der Waals surface area contributed by atoms with Crippen LogP contribution < -0.4 is 10.6 Å². The molecule has 17 heteroatoms. The van der Waals surface area contributed by atoms with E-state index in [1.165, 1.54) is 161 Å². The van der Waals surface area contributed by atoms with Gasteiger partial charge in [0, 0.05) is 6.92 Å². The third kappa shape index (κ3) is 30.9. The molecule has 2 fully saturated rings. The first-order chi connectivity index (χ1) is 37.2. The molecule has 2 aliphatic rings. The zero-order valence-corrected chi connectivity index (χ0v) is 48.7. The topological polar surface area (TPSA) is 277 Å². The average molecular weight is 1110 g/mol. The van der Waals surface area contributed by atoms with Crippen molar-refractivity contribution < 1.29 is 74.5 Å². The SMILES string of the molecule is CCCCCCCCCCCCCCCCCCCCCCCC(O)C(=O)NC(COC1OC(CO)C(OC2OC(CO)C(O)C(O)C2NC(C)=O)C(O)C1O)C(O)C(O)CCCCCCCCCCCCCC(C)CC. The van der Waals surface area contributed by atoms with E-state index >= 15 is 0 Å². The number of hydrogen-bond acceptors (Lipinski definition) is 15. The van der Waals surface area contributed by atoms with Crippen LogP contribution in [0, 0.1) is 5.92 Å². The molecule has 17 nitrogen and oxygen atoms in total. The van der Waals surface area contributed by atoms with E-state index in [9.17, 15) is 55.5 Å². The summed E-state index contributed by atoms with van der Waals surface area (Å²) in [7, 11) is 0. The first-order valence-corrected chi connectivity index (χ1v) is 31.3. The second-order valence-electron chi connectivity index (χ2n) is 23.1. The summed E-state index contributed by atoms with van der Waals surface area (Å²) in [6.45, 7) is 5.95. The van der Waals surface area contributed by atoms with Gasteiger partial charge in [-0.05, 0) is 18.8 Å². The largest absolute Gasteiger partial charge is 0.394 e. The molecule has 456 valence electrons. The highest BCUT2D eigenvalue weighted by Crippen LogP contribution is 2.30. The molecule has 77 heavy (non-hydrogen) atoms. The Morgan fingerprint density at radius 3 is 1.36 bits per heavy atom. The smallest absolute Gasteiger partial charge is 0.249 e. The second-order valence-corrected chi connectivity index (χ2v) is 23.1. The normalized spacial score (nSPS) is 25.8. The van der Waals surface area contributed by atoms with E-state index in [4.69, 9.17) is 18.9 Å². The van der Waals surface area contributed by atoms with Crippen LogP contribution in [0.5, 0.6) is 0 Å². The minimum absolute atomic E-state index is 0.203. The molecule has 2 saturated heterocycles. The summed E-state index contributed by atoms with van der Waals surface area (Å²) in [4.78, 5) is 25.4. The summed E-state index contributed by atoms with van der Waals surface area (Å²) < 4.78 is 23.2. The number of aliphatic hydroxyl groups is 9. The van der Waals surface area contributed by atoms with Crippen molar-refractivity contribution >= 4 is 11.8 Å². The Labute approximate surface area is 465 Å². The van der Waals surface area contributed by atoms with Gasteiger partial charge in [-0.25, -0.2) is 0 Å². The monoisotopic (exact) mass is 1100 g/mol. The predicted molar refractivity (Wildman–Crippen MR) is 301 cm³/mol. The number of nitrogens with one attached hydrogen (secondary N) is 2. The van der Waals surface area contributed by atoms with Crippen molar-refractivity contribution in [3.05, 3.63) is 0 Å². The van der Waals surface area contributed by atoms with E-state index < -0.39 is 117 Å². The molecule has 0 saturated carbocycles. The standard InChI is InChI=1S/C60H116N2O15/c1-5-7-8-9-10-11-12-13-14-15-16-17-18-19-20-21-24-28-31-34-37-40-48(67)58(73)62-46(52(68)47(66)39-36-33-30-27-25-22-23-26-29-32-35-38-44(3)6-2)43-74-60-56(72)55(71)57(50(42-64)76-60)77-59-51(61-45(4)65)54(70)53(69)49(41-63)75-59/h44,46-57,59-60,63-64,66-72H,5-43H2,1-4H3,(H,61,65)(H,62,73). The van der Waals surface area contributed by atoms with E-state index in [1.54, 1.807) is 0 Å². The molecule has 2 rings (SSSR count). The molecule has 0 spiro atoms. The maximum Gasteiger partial charge on any atom is 0.249 e. The summed E-state index contributed by atoms with van der Waals surface area (Å²) >= 11 is 0. The Balaban J connectivity index is 1.87. The first kappa shape index (κ1) is 71.5. The fraction of sp³-hybridized carbons (Fsp3) is 0.967. The van der Waals surface area contributed by atoms with Crippen LogP contribution in [-0.2, 0) is 28.5 Å². The minimum Gasteiger partial charge on any atom is -0.394 e. The lowest BCUT2D eigenvalue weighted by atomic mass is 9.95. The number of carbonyl (C=O) groups is 2. The molecule has 2 aliphatic heterocycles. The number of hydrogen-bond donors (Lipinski definition) is 11. The molecule has 0 aromatic rings. The molecule has 11 N–H and O–H groups in total. The molecule has 0 bridgehead atoms. The van der Waals surface area contributed by atoms with Gasteiger partial charge in [0.05, 0.1) is 32.0 Å². The summed E-state index contributed by atoms with van der Waals surface area (Å²) in [5.74, 6) is -0.559. The summed E-state index contributed by atoms with van der Waals surface area (Å²) in [5, 5.41) is 103. The Morgan fingerprint density at radius 2 is 0.935 bits per heavy atom. The van der Waals surface area contributed by atoms with Gasteiger partial charge in [-0.2, -0.15) is 0 Å². The molecule has 2 heterocycles. The quantitative estimate of drug-likeness (QED) is 0.0257. The Morgan fingerprint density at radius 1 is 0.519 bits per heavy atom.